The van der Waals surface area contributed by atoms with Crippen LogP contribution in [0.15, 0.2) is 36.2 Å². The predicted octanol–water partition coefficient (Wildman–Crippen LogP) is 2.27. The number of β-amino-alcohol motifs (C(OH)–C–C–N with tert-alkyl or cyclic N) is 1. The van der Waals surface area contributed by atoms with Gasteiger partial charge in [0.25, 0.3) is 0 Å². The molecule has 2 saturated heterocycles. The fraction of sp³-hybridized carbons (Fsp3) is 0.500. The number of hydrogen-bond donors (Lipinski definition) is 2. The molecule has 3 amide bonds. The van der Waals surface area contributed by atoms with Gasteiger partial charge in [-0.25, -0.2) is 9.80 Å². The number of nitrogens with one attached hydrogen (secondary N) is 1. The Morgan fingerprint density at radius 1 is 1.30 bits per heavy atom. The van der Waals surface area contributed by atoms with E-state index in [1.54, 1.807) is 6.08 Å². The van der Waals surface area contributed by atoms with Gasteiger partial charge < -0.3 is 10.0 Å². The summed E-state index contributed by atoms with van der Waals surface area (Å²) in [5, 5.41) is 11.3. The third-order valence-corrected chi connectivity index (χ3v) is 5.87. The highest BCUT2D eigenvalue weighted by molar-refractivity contribution is 5.90. The topological polar surface area (TPSA) is 76.1 Å². The summed E-state index contributed by atoms with van der Waals surface area (Å²) in [6, 6.07) is 6.35. The minimum Gasteiger partial charge on any atom is -0.379 e. The molecule has 2 atom stereocenters. The molecule has 1 aromatic carbocycles. The molecule has 0 aliphatic carbocycles. The van der Waals surface area contributed by atoms with E-state index in [9.17, 15) is 27.9 Å². The Hall–Kier alpha value is -2.75. The van der Waals surface area contributed by atoms with Crippen molar-refractivity contribution >= 4 is 11.9 Å². The molecule has 0 radical (unpaired) electrons. The molecule has 0 saturated carbocycles. The highest BCUT2D eigenvalue weighted by atomic mass is 19.4. The maximum Gasteiger partial charge on any atom is 0.419 e. The molecule has 0 aromatic heterocycles. The first-order chi connectivity index (χ1) is 14.1. The number of halogens is 3. The Labute approximate surface area is 171 Å². The maximum absolute atomic E-state index is 13.1. The number of hydrogen-bond acceptors (Lipinski definition) is 4. The SMILES string of the molecule is Cc1ccc(CN2NC3=CCC[C@@H](C(=O)N4CCC(O)(C(F)(F)F)C4)N3C2=O)cc1. The molecule has 3 aliphatic rings. The standard InChI is InChI=1S/C20H23F3N4O3/c1-13-5-7-14(8-6-13)11-26-18(29)27-15(3-2-4-16(27)24-26)17(28)25-10-9-19(30,12-25)20(21,22)23/h4-8,15,24,30H,2-3,9-12H2,1H3/t15-,19?/m0/s1. The Bertz CT molecular complexity index is 886. The van der Waals surface area contributed by atoms with Crippen molar-refractivity contribution < 1.29 is 27.9 Å². The molecular formula is C20H23F3N4O3. The first kappa shape index (κ1) is 20.5. The molecule has 2 N–H and O–H groups in total. The summed E-state index contributed by atoms with van der Waals surface area (Å²) in [5.41, 5.74) is 2.09. The fourth-order valence-corrected chi connectivity index (χ4v) is 4.07. The van der Waals surface area contributed by atoms with Gasteiger partial charge in [-0.05, 0) is 31.4 Å². The maximum atomic E-state index is 13.1. The lowest BCUT2D eigenvalue weighted by molar-refractivity contribution is -0.253. The molecule has 0 bridgehead atoms. The summed E-state index contributed by atoms with van der Waals surface area (Å²) >= 11 is 0. The van der Waals surface area contributed by atoms with Gasteiger partial charge in [-0.2, -0.15) is 13.2 Å². The van der Waals surface area contributed by atoms with Gasteiger partial charge >= 0.3 is 12.2 Å². The van der Waals surface area contributed by atoms with Crippen LogP contribution in [0.1, 0.15) is 30.4 Å². The molecular weight excluding hydrogens is 401 g/mol. The van der Waals surface area contributed by atoms with Crippen LogP contribution in [0.3, 0.4) is 0 Å². The number of benzene rings is 1. The van der Waals surface area contributed by atoms with Gasteiger partial charge in [-0.1, -0.05) is 29.8 Å². The third kappa shape index (κ3) is 3.49. The summed E-state index contributed by atoms with van der Waals surface area (Å²) in [6.07, 6.45) is -2.75. The molecule has 7 nitrogen and oxygen atoms in total. The third-order valence-electron chi connectivity index (χ3n) is 5.87. The van der Waals surface area contributed by atoms with Crippen molar-refractivity contribution in [3.05, 3.63) is 47.3 Å². The van der Waals surface area contributed by atoms with Crippen molar-refractivity contribution in [1.29, 1.82) is 0 Å². The number of hydrazine groups is 1. The average molecular weight is 424 g/mol. The lowest BCUT2D eigenvalue weighted by Crippen LogP contribution is -2.52. The quantitative estimate of drug-likeness (QED) is 0.781. The zero-order valence-electron chi connectivity index (χ0n) is 16.4. The lowest BCUT2D eigenvalue weighted by atomic mass is 10.0. The van der Waals surface area contributed by atoms with Crippen LogP contribution >= 0.6 is 0 Å². The highest BCUT2D eigenvalue weighted by Crippen LogP contribution is 2.38. The van der Waals surface area contributed by atoms with Crippen molar-refractivity contribution in [3.8, 4) is 0 Å². The van der Waals surface area contributed by atoms with E-state index in [-0.39, 0.29) is 13.1 Å². The van der Waals surface area contributed by atoms with Gasteiger partial charge in [-0.15, -0.1) is 0 Å². The van der Waals surface area contributed by atoms with Crippen LogP contribution in [0, 0.1) is 6.92 Å². The molecule has 3 heterocycles. The summed E-state index contributed by atoms with van der Waals surface area (Å²) < 4.78 is 39.3. The van der Waals surface area contributed by atoms with E-state index in [1.165, 1.54) is 9.91 Å². The minimum absolute atomic E-state index is 0.201. The van der Waals surface area contributed by atoms with Crippen molar-refractivity contribution in [2.75, 3.05) is 13.1 Å². The van der Waals surface area contributed by atoms with Crippen molar-refractivity contribution in [1.82, 2.24) is 20.2 Å². The molecule has 1 aromatic rings. The average Bonchev–Trinajstić information content (AvgIpc) is 3.25. The summed E-state index contributed by atoms with van der Waals surface area (Å²) in [6.45, 7) is 1.23. The van der Waals surface area contributed by atoms with E-state index in [1.807, 2.05) is 31.2 Å². The highest BCUT2D eigenvalue weighted by Gasteiger charge is 2.58. The largest absolute Gasteiger partial charge is 0.419 e. The van der Waals surface area contributed by atoms with Crippen LogP contribution < -0.4 is 5.43 Å². The molecule has 0 spiro atoms. The van der Waals surface area contributed by atoms with E-state index in [2.05, 4.69) is 5.43 Å². The van der Waals surface area contributed by atoms with E-state index in [4.69, 9.17) is 0 Å². The number of carbonyl (C=O) groups is 2. The van der Waals surface area contributed by atoms with Crippen LogP contribution in [-0.2, 0) is 11.3 Å². The monoisotopic (exact) mass is 424 g/mol. The summed E-state index contributed by atoms with van der Waals surface area (Å²) in [5.74, 6) is -0.116. The Morgan fingerprint density at radius 2 is 2.00 bits per heavy atom. The number of allylic oxidation sites excluding steroid dienone is 1. The minimum atomic E-state index is -4.81. The van der Waals surface area contributed by atoms with E-state index in [0.29, 0.717) is 18.7 Å². The molecule has 2 fully saturated rings. The van der Waals surface area contributed by atoms with Crippen LogP contribution in [0.5, 0.6) is 0 Å². The molecule has 30 heavy (non-hydrogen) atoms. The van der Waals surface area contributed by atoms with E-state index in [0.717, 1.165) is 16.0 Å². The summed E-state index contributed by atoms with van der Waals surface area (Å²) in [4.78, 5) is 28.3. The van der Waals surface area contributed by atoms with E-state index < -0.39 is 42.7 Å². The number of likely N-dealkylation sites (tertiary alicyclic amines) is 1. The molecule has 3 aliphatic heterocycles. The normalized spacial score (nSPS) is 26.6. The lowest BCUT2D eigenvalue weighted by Gasteiger charge is -2.33. The second-order valence-corrected chi connectivity index (χ2v) is 8.06. The number of amides is 3. The Morgan fingerprint density at radius 3 is 2.63 bits per heavy atom. The van der Waals surface area contributed by atoms with Crippen LogP contribution in [-0.4, -0.2) is 62.8 Å². The number of aryl methyl sites for hydroxylation is 1. The van der Waals surface area contributed by atoms with Crippen molar-refractivity contribution in [2.45, 2.75) is 50.6 Å². The molecule has 1 unspecified atom stereocenters. The molecule has 4 rings (SSSR count). The number of rotatable bonds is 3. The summed E-state index contributed by atoms with van der Waals surface area (Å²) in [7, 11) is 0. The van der Waals surface area contributed by atoms with Gasteiger partial charge in [0.05, 0.1) is 13.1 Å². The fourth-order valence-electron chi connectivity index (χ4n) is 4.07. The first-order valence-electron chi connectivity index (χ1n) is 9.80. The molecule has 162 valence electrons. The van der Waals surface area contributed by atoms with E-state index >= 15 is 0 Å². The zero-order chi connectivity index (χ0) is 21.7. The van der Waals surface area contributed by atoms with Gasteiger partial charge in [0.1, 0.15) is 11.9 Å². The zero-order valence-corrected chi connectivity index (χ0v) is 16.4. The van der Waals surface area contributed by atoms with Gasteiger partial charge in [0.2, 0.25) is 5.91 Å². The predicted molar refractivity (Wildman–Crippen MR) is 100 cm³/mol. The van der Waals surface area contributed by atoms with Gasteiger partial charge in [-0.3, -0.25) is 15.1 Å². The van der Waals surface area contributed by atoms with Gasteiger partial charge in [0, 0.05) is 13.0 Å². The number of carbonyl (C=O) groups excluding carboxylic acids is 2. The van der Waals surface area contributed by atoms with Gasteiger partial charge in [0.15, 0.2) is 5.60 Å². The Balaban J connectivity index is 1.48. The molecule has 10 heteroatoms. The second-order valence-electron chi connectivity index (χ2n) is 8.06. The second kappa shape index (κ2) is 7.19. The first-order valence-corrected chi connectivity index (χ1v) is 9.80. The van der Waals surface area contributed by atoms with Crippen LogP contribution in [0.2, 0.25) is 0 Å². The Kier molecular flexibility index (Phi) is 4.92. The number of nitrogens with zero attached hydrogens (tertiary/aromatic N) is 3. The van der Waals surface area contributed by atoms with Crippen LogP contribution in [0.25, 0.3) is 0 Å². The number of urea groups is 1. The van der Waals surface area contributed by atoms with Crippen molar-refractivity contribution in [3.63, 3.8) is 0 Å². The number of fused-ring (bicyclic) bond motifs is 1. The number of aliphatic hydroxyl groups is 1. The number of alkyl halides is 3. The van der Waals surface area contributed by atoms with Crippen LogP contribution in [0.4, 0.5) is 18.0 Å². The smallest absolute Gasteiger partial charge is 0.379 e. The van der Waals surface area contributed by atoms with Crippen molar-refractivity contribution in [2.24, 2.45) is 0 Å².